The second kappa shape index (κ2) is 6.45. The average molecular weight is 372 g/mol. The molecule has 5 N–H and O–H groups in total. The van der Waals surface area contributed by atoms with Gasteiger partial charge in [0.25, 0.3) is 0 Å². The number of piperidine rings is 1. The third-order valence-corrected chi connectivity index (χ3v) is 6.35. The zero-order chi connectivity index (χ0) is 15.1. The molecule has 2 aliphatic heterocycles. The maximum absolute atomic E-state index is 10.6. The molecule has 2 heterocycles. The van der Waals surface area contributed by atoms with Gasteiger partial charge in [0, 0.05) is 22.9 Å². The molecule has 1 fully saturated rings. The number of hydrogen-bond donors (Lipinski definition) is 1. The van der Waals surface area contributed by atoms with E-state index in [1.165, 1.54) is 11.1 Å². The fourth-order valence-corrected chi connectivity index (χ4v) is 5.39. The molecule has 6 nitrogen and oxygen atoms in total. The molecule has 0 aromatic heterocycles. The zero-order valence-corrected chi connectivity index (χ0v) is 15.2. The quantitative estimate of drug-likeness (QED) is 0.715. The monoisotopic (exact) mass is 371 g/mol. The van der Waals surface area contributed by atoms with Crippen LogP contribution in [0.3, 0.4) is 0 Å². The molecule has 5 unspecified atom stereocenters. The van der Waals surface area contributed by atoms with E-state index in [1.807, 2.05) is 12.1 Å². The highest BCUT2D eigenvalue weighted by molar-refractivity contribution is 5.85. The minimum absolute atomic E-state index is 0. The van der Waals surface area contributed by atoms with Crippen molar-refractivity contribution in [2.45, 2.75) is 36.5 Å². The summed E-state index contributed by atoms with van der Waals surface area (Å²) >= 11 is 0. The highest BCUT2D eigenvalue weighted by Crippen LogP contribution is 2.62. The first-order valence-electron chi connectivity index (χ1n) is 8.10. The summed E-state index contributed by atoms with van der Waals surface area (Å²) in [5.74, 6) is 2.09. The molecule has 1 aromatic rings. The average Bonchev–Trinajstić information content (AvgIpc) is 2.88. The number of rotatable bonds is 1. The summed E-state index contributed by atoms with van der Waals surface area (Å²) in [4.78, 5) is 2.47. The Balaban J connectivity index is 0.000000751. The Bertz CT molecular complexity index is 696. The number of methoxy groups -OCH3 is 1. The van der Waals surface area contributed by atoms with E-state index in [2.05, 4.69) is 24.1 Å². The van der Waals surface area contributed by atoms with Crippen LogP contribution in [-0.2, 0) is 11.8 Å². The van der Waals surface area contributed by atoms with E-state index in [9.17, 15) is 5.11 Å². The predicted molar refractivity (Wildman–Crippen MR) is 96.9 cm³/mol. The normalized spacial score (nSPS) is 36.1. The first-order valence-corrected chi connectivity index (χ1v) is 8.10. The summed E-state index contributed by atoms with van der Waals surface area (Å²) in [5, 5.41) is 10.6. The van der Waals surface area contributed by atoms with Gasteiger partial charge >= 0.3 is 0 Å². The number of aliphatic hydroxyl groups excluding tert-OH is 1. The Morgan fingerprint density at radius 3 is 2.76 bits per heavy atom. The van der Waals surface area contributed by atoms with Crippen LogP contribution in [0.5, 0.6) is 11.5 Å². The van der Waals surface area contributed by atoms with Crippen LogP contribution < -0.4 is 9.47 Å². The maximum atomic E-state index is 10.6. The van der Waals surface area contributed by atoms with Gasteiger partial charge in [-0.25, -0.2) is 0 Å². The van der Waals surface area contributed by atoms with Crippen LogP contribution in [0.1, 0.15) is 17.5 Å². The molecule has 5 atom stereocenters. The fourth-order valence-electron chi connectivity index (χ4n) is 5.39. The highest BCUT2D eigenvalue weighted by atomic mass is 35.5. The van der Waals surface area contributed by atoms with E-state index in [-0.39, 0.29) is 34.9 Å². The minimum atomic E-state index is -0.539. The lowest BCUT2D eigenvalue weighted by Crippen LogP contribution is -2.64. The molecule has 25 heavy (non-hydrogen) atoms. The van der Waals surface area contributed by atoms with Gasteiger partial charge in [-0.1, -0.05) is 18.2 Å². The molecule has 7 heteroatoms. The number of aliphatic hydroxyl groups is 1. The van der Waals surface area contributed by atoms with Crippen LogP contribution in [0.15, 0.2) is 24.3 Å². The second-order valence-corrected chi connectivity index (χ2v) is 7.11. The van der Waals surface area contributed by atoms with Crippen molar-refractivity contribution in [3.8, 4) is 11.5 Å². The van der Waals surface area contributed by atoms with E-state index in [0.717, 1.165) is 30.9 Å². The first-order chi connectivity index (χ1) is 10.7. The third-order valence-electron chi connectivity index (χ3n) is 6.35. The minimum Gasteiger partial charge on any atom is -0.493 e. The van der Waals surface area contributed by atoms with Gasteiger partial charge < -0.3 is 30.4 Å². The molecule has 1 spiro atoms. The van der Waals surface area contributed by atoms with Crippen LogP contribution in [0.2, 0.25) is 0 Å². The summed E-state index contributed by atoms with van der Waals surface area (Å²) in [5.41, 5.74) is 2.60. The van der Waals surface area contributed by atoms with Gasteiger partial charge in [0.2, 0.25) is 0 Å². The Hall–Kier alpha value is -1.31. The third kappa shape index (κ3) is 2.18. The van der Waals surface area contributed by atoms with Crippen LogP contribution >= 0.6 is 12.4 Å². The summed E-state index contributed by atoms with van der Waals surface area (Å²) in [7, 11) is 3.91. The van der Waals surface area contributed by atoms with Crippen LogP contribution in [-0.4, -0.2) is 59.9 Å². The van der Waals surface area contributed by atoms with Gasteiger partial charge in [0.15, 0.2) is 11.5 Å². The van der Waals surface area contributed by atoms with Crippen molar-refractivity contribution >= 4 is 12.4 Å². The van der Waals surface area contributed by atoms with E-state index in [4.69, 9.17) is 9.47 Å². The molecule has 140 valence electrons. The molecule has 2 aliphatic carbocycles. The number of nitrogens with zero attached hydrogens (tertiary/aromatic N) is 1. The van der Waals surface area contributed by atoms with Gasteiger partial charge in [-0.15, -0.1) is 12.4 Å². The van der Waals surface area contributed by atoms with Gasteiger partial charge in [-0.2, -0.15) is 0 Å². The Kier molecular flexibility index (Phi) is 5.16. The SMILES string of the molecule is COc1ccc2c3c1OC1C(O)C=CC4C(C2)N(C)CCC341.Cl.O.O. The molecular weight excluding hydrogens is 346 g/mol. The van der Waals surface area contributed by atoms with Crippen molar-refractivity contribution in [3.05, 3.63) is 35.4 Å². The first kappa shape index (κ1) is 20.0. The van der Waals surface area contributed by atoms with E-state index >= 15 is 0 Å². The topological polar surface area (TPSA) is 105 Å². The number of ether oxygens (including phenoxy) is 2. The standard InChI is InChI=1S/C18H21NO3.ClH.2H2O/c1-19-8-7-18-11-4-5-13(20)17(18)22-16-14(21-2)6-3-10(15(16)18)9-12(11)19;;;/h3-6,11-13,17,20H,7-9H2,1-2H3;1H;2*1H2. The van der Waals surface area contributed by atoms with Crippen molar-refractivity contribution in [2.75, 3.05) is 20.7 Å². The number of benzene rings is 1. The second-order valence-electron chi connectivity index (χ2n) is 7.11. The Labute approximate surface area is 153 Å². The lowest BCUT2D eigenvalue weighted by atomic mass is 9.53. The van der Waals surface area contributed by atoms with Crippen LogP contribution in [0, 0.1) is 5.92 Å². The van der Waals surface area contributed by atoms with E-state index < -0.39 is 6.10 Å². The Morgan fingerprint density at radius 1 is 1.28 bits per heavy atom. The number of hydrogen-bond acceptors (Lipinski definition) is 4. The number of likely N-dealkylation sites (N-methyl/N-ethyl adjacent to an activating group) is 1. The number of halogens is 1. The maximum Gasteiger partial charge on any atom is 0.165 e. The lowest BCUT2D eigenvalue weighted by molar-refractivity contribution is -0.0453. The van der Waals surface area contributed by atoms with Gasteiger partial charge in [-0.05, 0) is 38.1 Å². The van der Waals surface area contributed by atoms with Crippen LogP contribution in [0.4, 0.5) is 0 Å². The summed E-state index contributed by atoms with van der Waals surface area (Å²) in [6.45, 7) is 1.05. The number of likely N-dealkylation sites (tertiary alicyclic amines) is 1. The van der Waals surface area contributed by atoms with E-state index in [0.29, 0.717) is 12.0 Å². The highest BCUT2D eigenvalue weighted by Gasteiger charge is 2.64. The summed E-state index contributed by atoms with van der Waals surface area (Å²) in [6.07, 6.45) is 5.54. The van der Waals surface area contributed by atoms with Crippen molar-refractivity contribution in [1.82, 2.24) is 4.90 Å². The lowest BCUT2D eigenvalue weighted by Gasteiger charge is -2.56. The summed E-state index contributed by atoms with van der Waals surface area (Å²) < 4.78 is 11.8. The van der Waals surface area contributed by atoms with Crippen molar-refractivity contribution in [2.24, 2.45) is 5.92 Å². The van der Waals surface area contributed by atoms with Gasteiger partial charge in [-0.3, -0.25) is 0 Å². The van der Waals surface area contributed by atoms with Crippen LogP contribution in [0.25, 0.3) is 0 Å². The molecule has 4 aliphatic rings. The molecule has 1 aromatic carbocycles. The Morgan fingerprint density at radius 2 is 2.04 bits per heavy atom. The largest absolute Gasteiger partial charge is 0.493 e. The zero-order valence-electron chi connectivity index (χ0n) is 14.4. The van der Waals surface area contributed by atoms with Crippen molar-refractivity contribution in [3.63, 3.8) is 0 Å². The molecule has 0 amide bonds. The van der Waals surface area contributed by atoms with Gasteiger partial charge in [0.05, 0.1) is 7.11 Å². The fraction of sp³-hybridized carbons (Fsp3) is 0.556. The van der Waals surface area contributed by atoms with Crippen molar-refractivity contribution < 1.29 is 25.5 Å². The molecule has 1 saturated heterocycles. The molecular formula is C18H26ClNO5. The van der Waals surface area contributed by atoms with E-state index in [1.54, 1.807) is 7.11 Å². The molecule has 0 saturated carbocycles. The molecule has 2 bridgehead atoms. The summed E-state index contributed by atoms with van der Waals surface area (Å²) in [6, 6.07) is 4.70. The molecule has 0 radical (unpaired) electrons. The predicted octanol–water partition coefficient (Wildman–Crippen LogP) is 0.273. The van der Waals surface area contributed by atoms with Crippen molar-refractivity contribution in [1.29, 1.82) is 0 Å². The molecule has 5 rings (SSSR count). The van der Waals surface area contributed by atoms with Gasteiger partial charge in [0.1, 0.15) is 12.2 Å². The smallest absolute Gasteiger partial charge is 0.165 e.